The molecule has 0 aromatic carbocycles. The first-order chi connectivity index (χ1) is 13.6. The minimum atomic E-state index is -0.169. The Kier molecular flexibility index (Phi) is 7.43. The van der Waals surface area contributed by atoms with E-state index in [1.165, 1.54) is 11.3 Å². The average Bonchev–Trinajstić information content (AvgIpc) is 3.19. The first-order valence-electron chi connectivity index (χ1n) is 10.3. The Balaban J connectivity index is 1.61. The molecule has 3 rings (SSSR count). The van der Waals surface area contributed by atoms with Gasteiger partial charge in [0.2, 0.25) is 5.91 Å². The molecule has 0 saturated carbocycles. The zero-order chi connectivity index (χ0) is 19.9. The van der Waals surface area contributed by atoms with Crippen molar-refractivity contribution in [2.75, 3.05) is 53.0 Å². The number of aromatic amines is 1. The number of likely N-dealkylation sites (N-methyl/N-ethyl adjacent to an activating group) is 1. The van der Waals surface area contributed by atoms with E-state index in [2.05, 4.69) is 26.1 Å². The fraction of sp³-hybridized carbons (Fsp3) is 0.750. The van der Waals surface area contributed by atoms with Crippen molar-refractivity contribution in [2.24, 2.45) is 0 Å². The highest BCUT2D eigenvalue weighted by molar-refractivity contribution is 5.81. The number of nitriles is 1. The zero-order valence-corrected chi connectivity index (χ0v) is 17.1. The third kappa shape index (κ3) is 5.10. The molecule has 2 aliphatic heterocycles. The van der Waals surface area contributed by atoms with Crippen LogP contribution in [0.1, 0.15) is 43.4 Å². The Labute approximate surface area is 167 Å². The van der Waals surface area contributed by atoms with E-state index in [0.717, 1.165) is 58.8 Å². The van der Waals surface area contributed by atoms with E-state index in [9.17, 15) is 4.79 Å². The van der Waals surface area contributed by atoms with Gasteiger partial charge >= 0.3 is 0 Å². The largest absolute Gasteiger partial charge is 0.379 e. The number of nitrogens with zero attached hydrogens (tertiary/aromatic N) is 5. The molecule has 154 valence electrons. The number of likely N-dealkylation sites (tertiary alicyclic amines) is 1. The maximum Gasteiger partial charge on any atom is 0.239 e. The highest BCUT2D eigenvalue weighted by Gasteiger charge is 2.31. The van der Waals surface area contributed by atoms with E-state index < -0.39 is 0 Å². The van der Waals surface area contributed by atoms with Gasteiger partial charge in [0.15, 0.2) is 0 Å². The summed E-state index contributed by atoms with van der Waals surface area (Å²) in [4.78, 5) is 19.1. The summed E-state index contributed by atoms with van der Waals surface area (Å²) in [5.74, 6) is 0.459. The molecule has 1 amide bonds. The highest BCUT2D eigenvalue weighted by atomic mass is 16.5. The van der Waals surface area contributed by atoms with E-state index in [0.29, 0.717) is 18.9 Å². The maximum atomic E-state index is 12.7. The quantitative estimate of drug-likeness (QED) is 0.755. The van der Waals surface area contributed by atoms with Gasteiger partial charge in [-0.05, 0) is 26.3 Å². The molecule has 1 aromatic rings. The molecule has 8 heteroatoms. The zero-order valence-electron chi connectivity index (χ0n) is 17.1. The third-order valence-electron chi connectivity index (χ3n) is 5.95. The van der Waals surface area contributed by atoms with Crippen molar-refractivity contribution in [2.45, 2.75) is 44.7 Å². The Morgan fingerprint density at radius 3 is 3.00 bits per heavy atom. The lowest BCUT2D eigenvalue weighted by Gasteiger charge is -2.37. The number of morpholine rings is 1. The molecule has 1 aromatic heterocycles. The molecular formula is C20H32N6O2. The Morgan fingerprint density at radius 2 is 2.25 bits per heavy atom. The maximum absolute atomic E-state index is 12.7. The molecule has 1 N–H and O–H groups in total. The summed E-state index contributed by atoms with van der Waals surface area (Å²) in [6, 6.07) is 1.94. The third-order valence-corrected chi connectivity index (χ3v) is 5.95. The number of hydrogen-bond acceptors (Lipinski definition) is 6. The molecule has 0 bridgehead atoms. The normalized spacial score (nSPS) is 22.5. The summed E-state index contributed by atoms with van der Waals surface area (Å²) in [5, 5.41) is 16.3. The molecular weight excluding hydrogens is 356 g/mol. The summed E-state index contributed by atoms with van der Waals surface area (Å²) < 4.78 is 5.45. The summed E-state index contributed by atoms with van der Waals surface area (Å²) >= 11 is 0. The lowest BCUT2D eigenvalue weighted by atomic mass is 9.91. The molecule has 0 radical (unpaired) electrons. The van der Waals surface area contributed by atoms with Crippen molar-refractivity contribution in [3.05, 3.63) is 17.5 Å². The molecule has 2 aliphatic rings. The van der Waals surface area contributed by atoms with Crippen LogP contribution in [0, 0.1) is 11.3 Å². The van der Waals surface area contributed by atoms with Gasteiger partial charge < -0.3 is 9.64 Å². The summed E-state index contributed by atoms with van der Waals surface area (Å²) in [6.07, 6.45) is 4.50. The van der Waals surface area contributed by atoms with Crippen LogP contribution in [-0.2, 0) is 16.1 Å². The Morgan fingerprint density at radius 1 is 1.46 bits per heavy atom. The van der Waals surface area contributed by atoms with Gasteiger partial charge in [-0.3, -0.25) is 19.7 Å². The van der Waals surface area contributed by atoms with Crippen LogP contribution in [0.25, 0.3) is 0 Å². The van der Waals surface area contributed by atoms with Crippen molar-refractivity contribution < 1.29 is 9.53 Å². The summed E-state index contributed by atoms with van der Waals surface area (Å²) in [6.45, 7) is 8.67. The molecule has 0 aliphatic carbocycles. The molecule has 3 heterocycles. The molecule has 2 atom stereocenters. The van der Waals surface area contributed by atoms with Crippen LogP contribution in [0.2, 0.25) is 0 Å². The predicted molar refractivity (Wildman–Crippen MR) is 106 cm³/mol. The van der Waals surface area contributed by atoms with Crippen molar-refractivity contribution in [3.63, 3.8) is 0 Å². The van der Waals surface area contributed by atoms with Crippen molar-refractivity contribution >= 4 is 5.91 Å². The number of amides is 1. The number of nitrogens with one attached hydrogen (secondary N) is 1. The first kappa shape index (κ1) is 20.8. The molecule has 2 saturated heterocycles. The van der Waals surface area contributed by atoms with Crippen LogP contribution in [0.5, 0.6) is 0 Å². The van der Waals surface area contributed by atoms with Crippen molar-refractivity contribution in [1.29, 1.82) is 5.26 Å². The molecule has 8 nitrogen and oxygen atoms in total. The van der Waals surface area contributed by atoms with Crippen LogP contribution in [0.15, 0.2) is 6.20 Å². The second kappa shape index (κ2) is 10.0. The van der Waals surface area contributed by atoms with Gasteiger partial charge in [-0.2, -0.15) is 10.4 Å². The smallest absolute Gasteiger partial charge is 0.239 e. The monoisotopic (exact) mass is 388 g/mol. The number of ether oxygens (including phenoxy) is 1. The van der Waals surface area contributed by atoms with E-state index in [-0.39, 0.29) is 11.9 Å². The van der Waals surface area contributed by atoms with E-state index in [4.69, 9.17) is 10.00 Å². The number of aromatic nitrogens is 2. The lowest BCUT2D eigenvalue weighted by molar-refractivity contribution is -0.135. The number of H-pyrrole nitrogens is 1. The van der Waals surface area contributed by atoms with Crippen LogP contribution in [0.3, 0.4) is 0 Å². The Bertz CT molecular complexity index is 678. The van der Waals surface area contributed by atoms with E-state index in [1.807, 2.05) is 13.1 Å². The SMILES string of the molecule is CC(C(=O)N(C)CCC#N)N1CCCC(c2[nH]ncc2CN2CCOCC2)C1. The second-order valence-corrected chi connectivity index (χ2v) is 7.88. The van der Waals surface area contributed by atoms with Crippen molar-refractivity contribution in [1.82, 2.24) is 24.9 Å². The van der Waals surface area contributed by atoms with Gasteiger partial charge in [0.05, 0.1) is 37.9 Å². The van der Waals surface area contributed by atoms with Crippen molar-refractivity contribution in [3.8, 4) is 6.07 Å². The number of rotatable bonds is 7. The molecule has 28 heavy (non-hydrogen) atoms. The fourth-order valence-electron chi connectivity index (χ4n) is 4.20. The van der Waals surface area contributed by atoms with Gasteiger partial charge in [-0.25, -0.2) is 0 Å². The summed E-state index contributed by atoms with van der Waals surface area (Å²) in [5.41, 5.74) is 2.48. The van der Waals surface area contributed by atoms with E-state index >= 15 is 0 Å². The van der Waals surface area contributed by atoms with Gasteiger partial charge in [0.25, 0.3) is 0 Å². The molecule has 2 unspecified atom stereocenters. The lowest BCUT2D eigenvalue weighted by Crippen LogP contribution is -2.49. The average molecular weight is 389 g/mol. The number of carbonyl (C=O) groups is 1. The standard InChI is InChI=1S/C20H32N6O2/c1-16(20(27)24(2)7-4-6-21)26-8-3-5-17(15-26)19-18(13-22-23-19)14-25-9-11-28-12-10-25/h13,16-17H,3-5,7-12,14-15H2,1-2H3,(H,22,23). The molecule has 0 spiro atoms. The number of carbonyl (C=O) groups excluding carboxylic acids is 1. The fourth-order valence-corrected chi connectivity index (χ4v) is 4.20. The number of hydrogen-bond donors (Lipinski definition) is 1. The van der Waals surface area contributed by atoms with Crippen LogP contribution < -0.4 is 0 Å². The molecule has 2 fully saturated rings. The van der Waals surface area contributed by atoms with E-state index in [1.54, 1.807) is 11.9 Å². The highest BCUT2D eigenvalue weighted by Crippen LogP contribution is 2.29. The second-order valence-electron chi connectivity index (χ2n) is 7.88. The van der Waals surface area contributed by atoms with Crippen LogP contribution in [0.4, 0.5) is 0 Å². The van der Waals surface area contributed by atoms with Gasteiger partial charge in [0, 0.05) is 56.9 Å². The van der Waals surface area contributed by atoms with Gasteiger partial charge in [-0.1, -0.05) is 0 Å². The first-order valence-corrected chi connectivity index (χ1v) is 10.3. The topological polar surface area (TPSA) is 88.5 Å². The van der Waals surface area contributed by atoms with Crippen LogP contribution in [-0.4, -0.2) is 89.8 Å². The number of piperidine rings is 1. The van der Waals surface area contributed by atoms with Crippen LogP contribution >= 0.6 is 0 Å². The Hall–Kier alpha value is -1.95. The minimum absolute atomic E-state index is 0.0917. The minimum Gasteiger partial charge on any atom is -0.379 e. The van der Waals surface area contributed by atoms with Gasteiger partial charge in [-0.15, -0.1) is 0 Å². The summed E-state index contributed by atoms with van der Waals surface area (Å²) in [7, 11) is 1.78. The van der Waals surface area contributed by atoms with Gasteiger partial charge in [0.1, 0.15) is 0 Å². The predicted octanol–water partition coefficient (Wildman–Crippen LogP) is 1.18.